The summed E-state index contributed by atoms with van der Waals surface area (Å²) in [5.74, 6) is 0.517. The second kappa shape index (κ2) is 11.2. The van der Waals surface area contributed by atoms with E-state index in [2.05, 4.69) is 10.6 Å². The minimum atomic E-state index is -0.537. The number of carbonyl (C=O) groups is 2. The first kappa shape index (κ1) is 25.0. The quantitative estimate of drug-likeness (QED) is 0.523. The number of aliphatic hydroxyl groups is 1. The highest BCUT2D eigenvalue weighted by atomic mass is 35.5. The number of fused-ring (bicyclic) bond motifs is 3. The van der Waals surface area contributed by atoms with E-state index in [4.69, 9.17) is 25.8 Å². The van der Waals surface area contributed by atoms with Gasteiger partial charge in [-0.05, 0) is 55.2 Å². The third-order valence-corrected chi connectivity index (χ3v) is 7.43. The molecule has 3 aliphatic heterocycles. The van der Waals surface area contributed by atoms with E-state index in [-0.39, 0.29) is 48.9 Å². The fraction of sp³-hybridized carbons (Fsp3) is 0.481. The smallest absolute Gasteiger partial charge is 0.227 e. The number of rotatable bonds is 7. The number of amides is 2. The molecule has 5 rings (SSSR count). The fourth-order valence-electron chi connectivity index (χ4n) is 5.25. The molecule has 36 heavy (non-hydrogen) atoms. The Hall–Kier alpha value is -2.65. The molecule has 2 aromatic rings. The zero-order valence-electron chi connectivity index (χ0n) is 20.0. The van der Waals surface area contributed by atoms with Gasteiger partial charge in [0.05, 0.1) is 19.1 Å². The van der Waals surface area contributed by atoms with Crippen LogP contribution in [0.15, 0.2) is 42.5 Å². The van der Waals surface area contributed by atoms with Crippen LogP contribution in [-0.4, -0.2) is 55.1 Å². The van der Waals surface area contributed by atoms with Crippen molar-refractivity contribution in [3.63, 3.8) is 0 Å². The van der Waals surface area contributed by atoms with Crippen LogP contribution in [0, 0.1) is 5.92 Å². The highest BCUT2D eigenvalue weighted by Crippen LogP contribution is 2.47. The van der Waals surface area contributed by atoms with Crippen molar-refractivity contribution in [2.75, 3.05) is 25.1 Å². The van der Waals surface area contributed by atoms with Gasteiger partial charge in [-0.1, -0.05) is 23.7 Å². The molecular formula is C27H31ClN2O6. The molecule has 0 bridgehead atoms. The fourth-order valence-corrected chi connectivity index (χ4v) is 5.38. The van der Waals surface area contributed by atoms with Gasteiger partial charge in [-0.15, -0.1) is 0 Å². The van der Waals surface area contributed by atoms with Crippen molar-refractivity contribution in [3.8, 4) is 5.75 Å². The minimum Gasteiger partial charge on any atom is -0.487 e. The molecule has 3 heterocycles. The lowest BCUT2D eigenvalue weighted by Gasteiger charge is -2.37. The zero-order chi connectivity index (χ0) is 25.1. The maximum atomic E-state index is 12.7. The molecule has 0 saturated carbocycles. The van der Waals surface area contributed by atoms with E-state index >= 15 is 0 Å². The number of anilines is 1. The molecule has 2 aromatic carbocycles. The van der Waals surface area contributed by atoms with E-state index in [0.29, 0.717) is 31.2 Å². The number of hydrogen-bond donors (Lipinski definition) is 3. The summed E-state index contributed by atoms with van der Waals surface area (Å²) in [5, 5.41) is 16.6. The second-order valence-electron chi connectivity index (χ2n) is 9.64. The van der Waals surface area contributed by atoms with Crippen molar-refractivity contribution in [2.45, 2.75) is 56.5 Å². The molecule has 2 fully saturated rings. The number of halogens is 1. The van der Waals surface area contributed by atoms with Crippen molar-refractivity contribution in [2.24, 2.45) is 5.92 Å². The summed E-state index contributed by atoms with van der Waals surface area (Å²) in [6.45, 7) is 1.42. The third-order valence-electron chi connectivity index (χ3n) is 7.17. The first-order valence-electron chi connectivity index (χ1n) is 12.5. The average molecular weight is 515 g/mol. The highest BCUT2D eigenvalue weighted by molar-refractivity contribution is 6.30. The summed E-state index contributed by atoms with van der Waals surface area (Å²) in [6.07, 6.45) is 0.987. The molecule has 3 N–H and O–H groups in total. The van der Waals surface area contributed by atoms with Crippen LogP contribution >= 0.6 is 11.6 Å². The molecule has 4 atom stereocenters. The summed E-state index contributed by atoms with van der Waals surface area (Å²) in [6, 6.07) is 13.0. The van der Waals surface area contributed by atoms with Gasteiger partial charge in [0.15, 0.2) is 0 Å². The highest BCUT2D eigenvalue weighted by Gasteiger charge is 2.46. The van der Waals surface area contributed by atoms with Gasteiger partial charge in [0, 0.05) is 47.9 Å². The number of carbonyl (C=O) groups excluding carboxylic acids is 2. The molecule has 8 nitrogen and oxygen atoms in total. The Morgan fingerprint density at radius 3 is 2.61 bits per heavy atom. The van der Waals surface area contributed by atoms with Crippen LogP contribution in [0.1, 0.15) is 42.7 Å². The molecule has 0 aliphatic carbocycles. The molecule has 0 spiro atoms. The number of ether oxygens (including phenoxy) is 3. The molecule has 2 saturated heterocycles. The van der Waals surface area contributed by atoms with E-state index in [1.807, 2.05) is 30.3 Å². The first-order chi connectivity index (χ1) is 17.5. The SMILES string of the molecule is O=C(C[C@@H]1C[C@@H]2c3cc(NC(=O)C4CCOCC4)ccc3O[C@@H]2[C@@H](CO)O1)NCc1ccc(Cl)cc1. The van der Waals surface area contributed by atoms with E-state index in [1.165, 1.54) is 0 Å². The van der Waals surface area contributed by atoms with Crippen molar-refractivity contribution < 1.29 is 28.9 Å². The minimum absolute atomic E-state index is 0.00385. The maximum absolute atomic E-state index is 12.7. The van der Waals surface area contributed by atoms with Crippen LogP contribution < -0.4 is 15.4 Å². The normalized spacial score (nSPS) is 25.4. The number of benzene rings is 2. The van der Waals surface area contributed by atoms with Gasteiger partial charge in [0.1, 0.15) is 18.0 Å². The van der Waals surface area contributed by atoms with Crippen molar-refractivity contribution in [1.29, 1.82) is 0 Å². The summed E-state index contributed by atoms with van der Waals surface area (Å²) in [7, 11) is 0. The van der Waals surface area contributed by atoms with E-state index in [1.54, 1.807) is 12.1 Å². The lowest BCUT2D eigenvalue weighted by molar-refractivity contribution is -0.142. The summed E-state index contributed by atoms with van der Waals surface area (Å²) >= 11 is 5.92. The Bertz CT molecular complexity index is 1090. The monoisotopic (exact) mass is 514 g/mol. The average Bonchev–Trinajstić information content (AvgIpc) is 3.26. The maximum Gasteiger partial charge on any atom is 0.227 e. The molecular weight excluding hydrogens is 484 g/mol. The van der Waals surface area contributed by atoms with Gasteiger partial charge in [0.25, 0.3) is 0 Å². The van der Waals surface area contributed by atoms with Crippen molar-refractivity contribution in [1.82, 2.24) is 5.32 Å². The van der Waals surface area contributed by atoms with E-state index < -0.39 is 6.10 Å². The lowest BCUT2D eigenvalue weighted by atomic mass is 9.84. The number of aliphatic hydroxyl groups excluding tert-OH is 1. The van der Waals surface area contributed by atoms with Crippen LogP contribution in [0.4, 0.5) is 5.69 Å². The van der Waals surface area contributed by atoms with Crippen molar-refractivity contribution >= 4 is 29.1 Å². The largest absolute Gasteiger partial charge is 0.487 e. The standard InChI is InChI=1S/C27H31ClN2O6/c28-18-3-1-16(2-4-18)14-29-25(32)13-20-12-22-21-11-19(30-27(33)17-7-9-34-10-8-17)5-6-23(21)36-26(22)24(15-31)35-20/h1-6,11,17,20,22,24,26,31H,7-10,12-15H2,(H,29,32)(H,30,33)/t20-,22+,24+,26-/m0/s1. The molecule has 0 aromatic heterocycles. The predicted octanol–water partition coefficient (Wildman–Crippen LogP) is 3.41. The van der Waals surface area contributed by atoms with Crippen LogP contribution in [0.5, 0.6) is 5.75 Å². The van der Waals surface area contributed by atoms with Gasteiger partial charge in [0.2, 0.25) is 11.8 Å². The Morgan fingerprint density at radius 2 is 1.86 bits per heavy atom. The molecule has 192 valence electrons. The van der Waals surface area contributed by atoms with Crippen LogP contribution in [-0.2, 0) is 25.6 Å². The van der Waals surface area contributed by atoms with Gasteiger partial charge < -0.3 is 30.0 Å². The lowest BCUT2D eigenvalue weighted by Crippen LogP contribution is -2.47. The molecule has 9 heteroatoms. The Balaban J connectivity index is 1.23. The Labute approximate surface area is 215 Å². The summed E-state index contributed by atoms with van der Waals surface area (Å²) in [4.78, 5) is 25.3. The topological polar surface area (TPSA) is 106 Å². The second-order valence-corrected chi connectivity index (χ2v) is 10.1. The van der Waals surface area contributed by atoms with Gasteiger partial charge in [-0.25, -0.2) is 0 Å². The van der Waals surface area contributed by atoms with Crippen LogP contribution in [0.25, 0.3) is 0 Å². The Kier molecular flexibility index (Phi) is 7.76. The van der Waals surface area contributed by atoms with Crippen molar-refractivity contribution in [3.05, 3.63) is 58.6 Å². The van der Waals surface area contributed by atoms with Gasteiger partial charge >= 0.3 is 0 Å². The molecule has 0 unspecified atom stereocenters. The number of hydrogen-bond acceptors (Lipinski definition) is 6. The van der Waals surface area contributed by atoms with Gasteiger partial charge in [-0.3, -0.25) is 9.59 Å². The molecule has 0 radical (unpaired) electrons. The Morgan fingerprint density at radius 1 is 1.08 bits per heavy atom. The zero-order valence-corrected chi connectivity index (χ0v) is 20.7. The molecule has 2 amide bonds. The summed E-state index contributed by atoms with van der Waals surface area (Å²) < 4.78 is 17.5. The van der Waals surface area contributed by atoms with Crippen LogP contribution in [0.3, 0.4) is 0 Å². The molecule has 3 aliphatic rings. The first-order valence-corrected chi connectivity index (χ1v) is 12.8. The van der Waals surface area contributed by atoms with Gasteiger partial charge in [-0.2, -0.15) is 0 Å². The third kappa shape index (κ3) is 5.67. The number of nitrogens with one attached hydrogen (secondary N) is 2. The summed E-state index contributed by atoms with van der Waals surface area (Å²) in [5.41, 5.74) is 2.65. The predicted molar refractivity (Wildman–Crippen MR) is 134 cm³/mol. The van der Waals surface area contributed by atoms with E-state index in [9.17, 15) is 14.7 Å². The van der Waals surface area contributed by atoms with E-state index in [0.717, 1.165) is 35.4 Å². The van der Waals surface area contributed by atoms with Crippen LogP contribution in [0.2, 0.25) is 5.02 Å².